The number of rotatable bonds is 2. The first-order valence-corrected chi connectivity index (χ1v) is 5.04. The number of carbonyl (C=O) groups excluding carboxylic acids is 2. The van der Waals surface area contributed by atoms with Crippen LogP contribution in [0, 0.1) is 0 Å². The van der Waals surface area contributed by atoms with Crippen molar-refractivity contribution in [1.29, 1.82) is 0 Å². The van der Waals surface area contributed by atoms with Crippen LogP contribution in [0.1, 0.15) is 38.1 Å². The molecule has 1 N–H and O–H groups in total. The Morgan fingerprint density at radius 1 is 1.40 bits per heavy atom. The fourth-order valence-corrected chi connectivity index (χ4v) is 1.83. The van der Waals surface area contributed by atoms with Crippen molar-refractivity contribution in [2.75, 3.05) is 0 Å². The molecule has 0 bridgehead atoms. The summed E-state index contributed by atoms with van der Waals surface area (Å²) >= 11 is 0. The quantitative estimate of drug-likeness (QED) is 0.736. The Hall–Kier alpha value is -1.65. The van der Waals surface area contributed by atoms with Crippen molar-refractivity contribution < 1.29 is 9.59 Å². The number of piperidine rings is 1. The van der Waals surface area contributed by atoms with Crippen molar-refractivity contribution in [3.63, 3.8) is 0 Å². The van der Waals surface area contributed by atoms with E-state index in [1.165, 1.54) is 4.90 Å². The second-order valence-corrected chi connectivity index (χ2v) is 3.66. The molecule has 80 valence electrons. The molecule has 1 fully saturated rings. The van der Waals surface area contributed by atoms with Crippen LogP contribution in [0.5, 0.6) is 0 Å². The molecule has 1 saturated heterocycles. The number of aromatic nitrogens is 2. The topological polar surface area (TPSA) is 66.1 Å². The van der Waals surface area contributed by atoms with Crippen LogP contribution >= 0.6 is 0 Å². The number of nitrogens with one attached hydrogen (secondary N) is 1. The lowest BCUT2D eigenvalue weighted by Crippen LogP contribution is -2.42. The minimum atomic E-state index is -0.291. The lowest BCUT2D eigenvalue weighted by Gasteiger charge is -2.29. The Morgan fingerprint density at radius 3 is 2.60 bits per heavy atom. The molecule has 1 atom stereocenters. The molecule has 0 aromatic carbocycles. The van der Waals surface area contributed by atoms with Gasteiger partial charge < -0.3 is 4.98 Å². The highest BCUT2D eigenvalue weighted by molar-refractivity contribution is 5.97. The molecule has 5 heteroatoms. The third-order valence-corrected chi connectivity index (χ3v) is 2.62. The van der Waals surface area contributed by atoms with E-state index < -0.39 is 0 Å². The first-order valence-electron chi connectivity index (χ1n) is 5.04. The first kappa shape index (κ1) is 9.89. The summed E-state index contributed by atoms with van der Waals surface area (Å²) in [5.74, 6) is 0.448. The van der Waals surface area contributed by atoms with Gasteiger partial charge in [0, 0.05) is 25.2 Å². The maximum Gasteiger partial charge on any atom is 0.229 e. The summed E-state index contributed by atoms with van der Waals surface area (Å²) in [7, 11) is 0. The molecule has 0 aliphatic carbocycles. The van der Waals surface area contributed by atoms with Crippen molar-refractivity contribution in [2.24, 2.45) is 0 Å². The van der Waals surface area contributed by atoms with Crippen LogP contribution in [0.3, 0.4) is 0 Å². The molecule has 1 aromatic rings. The first-order chi connectivity index (χ1) is 7.20. The Labute approximate surface area is 87.5 Å². The van der Waals surface area contributed by atoms with Gasteiger partial charge in [-0.1, -0.05) is 0 Å². The van der Waals surface area contributed by atoms with Crippen LogP contribution < -0.4 is 0 Å². The summed E-state index contributed by atoms with van der Waals surface area (Å²) in [6.45, 7) is 1.81. The van der Waals surface area contributed by atoms with Crippen LogP contribution in [0.4, 0.5) is 0 Å². The summed E-state index contributed by atoms with van der Waals surface area (Å²) in [5, 5.41) is 0. The molecule has 1 aliphatic heterocycles. The zero-order valence-electron chi connectivity index (χ0n) is 8.56. The molecular formula is C10H13N3O2. The Kier molecular flexibility index (Phi) is 2.53. The number of amides is 2. The largest absolute Gasteiger partial charge is 0.347 e. The number of likely N-dealkylation sites (tertiary alicyclic amines) is 1. The zero-order valence-corrected chi connectivity index (χ0v) is 8.56. The number of carbonyl (C=O) groups is 2. The summed E-state index contributed by atoms with van der Waals surface area (Å²) in [5.41, 5.74) is 0. The molecule has 2 amide bonds. The number of imidazole rings is 1. The van der Waals surface area contributed by atoms with Crippen LogP contribution in [0.25, 0.3) is 0 Å². The smallest absolute Gasteiger partial charge is 0.229 e. The molecule has 1 aromatic heterocycles. The summed E-state index contributed by atoms with van der Waals surface area (Å²) in [4.78, 5) is 31.5. The van der Waals surface area contributed by atoms with E-state index in [4.69, 9.17) is 0 Å². The van der Waals surface area contributed by atoms with Crippen LogP contribution in [-0.2, 0) is 9.59 Å². The Balaban J connectivity index is 2.21. The fourth-order valence-electron chi connectivity index (χ4n) is 1.83. The molecule has 5 nitrogen and oxygen atoms in total. The van der Waals surface area contributed by atoms with Gasteiger partial charge >= 0.3 is 0 Å². The van der Waals surface area contributed by atoms with Crippen LogP contribution in [0.15, 0.2) is 12.4 Å². The molecule has 2 heterocycles. The average Bonchev–Trinajstić information content (AvgIpc) is 2.69. The van der Waals surface area contributed by atoms with E-state index in [-0.39, 0.29) is 17.9 Å². The van der Waals surface area contributed by atoms with Crippen molar-refractivity contribution in [3.05, 3.63) is 18.2 Å². The number of aromatic amines is 1. The molecule has 0 radical (unpaired) electrons. The summed E-state index contributed by atoms with van der Waals surface area (Å²) < 4.78 is 0. The monoisotopic (exact) mass is 207 g/mol. The predicted molar refractivity (Wildman–Crippen MR) is 52.7 cm³/mol. The van der Waals surface area contributed by atoms with Gasteiger partial charge in [0.25, 0.3) is 0 Å². The van der Waals surface area contributed by atoms with Gasteiger partial charge in [0.1, 0.15) is 5.82 Å². The second-order valence-electron chi connectivity index (χ2n) is 3.66. The van der Waals surface area contributed by atoms with E-state index in [1.807, 2.05) is 0 Å². The van der Waals surface area contributed by atoms with Crippen molar-refractivity contribution >= 4 is 11.8 Å². The van der Waals surface area contributed by atoms with Gasteiger partial charge in [-0.15, -0.1) is 0 Å². The molecule has 0 saturated carbocycles. The second kappa shape index (κ2) is 3.84. The van der Waals surface area contributed by atoms with E-state index in [9.17, 15) is 9.59 Å². The SMILES string of the molecule is CC(c1ncc[nH]1)N1C(=O)CCCC1=O. The van der Waals surface area contributed by atoms with Crippen molar-refractivity contribution in [3.8, 4) is 0 Å². The van der Waals surface area contributed by atoms with Crippen molar-refractivity contribution in [1.82, 2.24) is 14.9 Å². The highest BCUT2D eigenvalue weighted by atomic mass is 16.2. The van der Waals surface area contributed by atoms with E-state index in [2.05, 4.69) is 9.97 Å². The fraction of sp³-hybridized carbons (Fsp3) is 0.500. The number of nitrogens with zero attached hydrogens (tertiary/aromatic N) is 2. The van der Waals surface area contributed by atoms with E-state index in [0.717, 1.165) is 0 Å². The third kappa shape index (κ3) is 1.77. The van der Waals surface area contributed by atoms with Gasteiger partial charge in [0.15, 0.2) is 0 Å². The maximum absolute atomic E-state index is 11.6. The molecular weight excluding hydrogens is 194 g/mol. The normalized spacial score (nSPS) is 19.4. The third-order valence-electron chi connectivity index (χ3n) is 2.62. The van der Waals surface area contributed by atoms with Gasteiger partial charge in [-0.3, -0.25) is 14.5 Å². The molecule has 1 unspecified atom stereocenters. The highest BCUT2D eigenvalue weighted by Crippen LogP contribution is 2.23. The maximum atomic E-state index is 11.6. The minimum Gasteiger partial charge on any atom is -0.347 e. The van der Waals surface area contributed by atoms with E-state index >= 15 is 0 Å². The van der Waals surface area contributed by atoms with Crippen LogP contribution in [-0.4, -0.2) is 26.7 Å². The molecule has 15 heavy (non-hydrogen) atoms. The number of imide groups is 1. The van der Waals surface area contributed by atoms with Gasteiger partial charge in [-0.05, 0) is 13.3 Å². The van der Waals surface area contributed by atoms with Gasteiger partial charge in [0.2, 0.25) is 11.8 Å². The van der Waals surface area contributed by atoms with Gasteiger partial charge in [-0.25, -0.2) is 4.98 Å². The minimum absolute atomic E-state index is 0.102. The molecule has 2 rings (SSSR count). The summed E-state index contributed by atoms with van der Waals surface area (Å²) in [6, 6.07) is -0.291. The Bertz CT molecular complexity index is 356. The lowest BCUT2D eigenvalue weighted by atomic mass is 10.1. The van der Waals surface area contributed by atoms with E-state index in [1.54, 1.807) is 19.3 Å². The Morgan fingerprint density at radius 2 is 2.07 bits per heavy atom. The van der Waals surface area contributed by atoms with Crippen LogP contribution in [0.2, 0.25) is 0 Å². The number of H-pyrrole nitrogens is 1. The average molecular weight is 207 g/mol. The number of hydrogen-bond donors (Lipinski definition) is 1. The lowest BCUT2D eigenvalue weighted by molar-refractivity contribution is -0.150. The number of hydrogen-bond acceptors (Lipinski definition) is 3. The molecule has 0 spiro atoms. The highest BCUT2D eigenvalue weighted by Gasteiger charge is 2.31. The predicted octanol–water partition coefficient (Wildman–Crippen LogP) is 1.01. The van der Waals surface area contributed by atoms with Crippen molar-refractivity contribution in [2.45, 2.75) is 32.2 Å². The van der Waals surface area contributed by atoms with E-state index in [0.29, 0.717) is 25.1 Å². The van der Waals surface area contributed by atoms with Gasteiger partial charge in [0.05, 0.1) is 6.04 Å². The standard InChI is InChI=1S/C10H13N3O2/c1-7(10-11-5-6-12-10)13-8(14)3-2-4-9(13)15/h5-7H,2-4H2,1H3,(H,11,12). The van der Waals surface area contributed by atoms with Gasteiger partial charge in [-0.2, -0.15) is 0 Å². The molecule has 1 aliphatic rings. The zero-order chi connectivity index (χ0) is 10.8. The summed E-state index contributed by atoms with van der Waals surface area (Å²) in [6.07, 6.45) is 4.88.